The van der Waals surface area contributed by atoms with Gasteiger partial charge in [0, 0.05) is 17.6 Å². The summed E-state index contributed by atoms with van der Waals surface area (Å²) in [5.74, 6) is -1.07. The molecule has 0 aliphatic carbocycles. The fourth-order valence-corrected chi connectivity index (χ4v) is 3.49. The van der Waals surface area contributed by atoms with Crippen LogP contribution in [0.5, 0.6) is 0 Å². The number of fused-ring (bicyclic) bond motifs is 1. The number of nitrogens with zero attached hydrogens (tertiary/aromatic N) is 1. The second-order valence-electron chi connectivity index (χ2n) is 6.14. The van der Waals surface area contributed by atoms with Crippen molar-refractivity contribution < 1.29 is 19.4 Å². The Kier molecular flexibility index (Phi) is 4.73. The van der Waals surface area contributed by atoms with E-state index in [-0.39, 0.29) is 16.7 Å². The molecule has 1 aromatic carbocycles. The van der Waals surface area contributed by atoms with Gasteiger partial charge < -0.3 is 14.7 Å². The molecule has 120 valence electrons. The van der Waals surface area contributed by atoms with Gasteiger partial charge in [-0.05, 0) is 60.3 Å². The topological polar surface area (TPSA) is 66.8 Å². The fraction of sp³-hybridized carbons (Fsp3) is 0.467. The van der Waals surface area contributed by atoms with Gasteiger partial charge in [-0.15, -0.1) is 0 Å². The lowest BCUT2D eigenvalue weighted by Crippen LogP contribution is -2.40. The molecule has 5 nitrogen and oxygen atoms in total. The van der Waals surface area contributed by atoms with Gasteiger partial charge in [0.15, 0.2) is 0 Å². The Hall–Kier alpha value is -1.27. The summed E-state index contributed by atoms with van der Waals surface area (Å²) < 4.78 is 5.77. The predicted octanol–water partition coefficient (Wildman–Crippen LogP) is 4.09. The van der Waals surface area contributed by atoms with E-state index in [1.165, 1.54) is 0 Å². The maximum absolute atomic E-state index is 12.1. The Morgan fingerprint density at radius 1 is 1.41 bits per heavy atom. The van der Waals surface area contributed by atoms with E-state index in [0.717, 1.165) is 11.1 Å². The Balaban J connectivity index is 2.29. The molecule has 7 heteroatoms. The van der Waals surface area contributed by atoms with Crippen molar-refractivity contribution in [3.05, 3.63) is 32.3 Å². The van der Waals surface area contributed by atoms with Crippen LogP contribution >= 0.6 is 27.5 Å². The lowest BCUT2D eigenvalue weighted by Gasteiger charge is -2.32. The van der Waals surface area contributed by atoms with Crippen molar-refractivity contribution in [2.24, 2.45) is 0 Å². The summed E-state index contributed by atoms with van der Waals surface area (Å²) >= 11 is 9.45. The molecule has 2 rings (SSSR count). The molecule has 1 heterocycles. The van der Waals surface area contributed by atoms with Crippen LogP contribution in [0.25, 0.3) is 0 Å². The van der Waals surface area contributed by atoms with E-state index >= 15 is 0 Å². The van der Waals surface area contributed by atoms with Crippen LogP contribution in [0.3, 0.4) is 0 Å². The lowest BCUT2D eigenvalue weighted by molar-refractivity contribution is 0.0223. The Labute approximate surface area is 142 Å². The standard InChI is InChI=1S/C15H17BrClNO4/c1-15(2,3)22-14(21)18-5-4-9-8(7-18)6-10(16)11(12(9)17)13(19)20/h6H,4-5,7H2,1-3H3,(H,19,20). The van der Waals surface area contributed by atoms with Crippen LogP contribution in [0.1, 0.15) is 42.3 Å². The number of benzene rings is 1. The quantitative estimate of drug-likeness (QED) is 0.784. The number of carboxylic acid groups (broad SMARTS) is 1. The van der Waals surface area contributed by atoms with Gasteiger partial charge in [-0.25, -0.2) is 9.59 Å². The minimum Gasteiger partial charge on any atom is -0.478 e. The summed E-state index contributed by atoms with van der Waals surface area (Å²) in [4.78, 5) is 25.0. The summed E-state index contributed by atoms with van der Waals surface area (Å²) in [6.07, 6.45) is 0.119. The SMILES string of the molecule is CC(C)(C)OC(=O)N1CCc2c(cc(Br)c(C(=O)O)c2Cl)C1. The molecule has 1 aliphatic heterocycles. The number of halogens is 2. The van der Waals surface area contributed by atoms with Crippen LogP contribution in [0.4, 0.5) is 4.79 Å². The lowest BCUT2D eigenvalue weighted by atomic mass is 9.97. The number of carbonyl (C=O) groups is 2. The third kappa shape index (κ3) is 3.55. The molecule has 0 atom stereocenters. The highest BCUT2D eigenvalue weighted by molar-refractivity contribution is 9.10. The van der Waals surface area contributed by atoms with Gasteiger partial charge >= 0.3 is 12.1 Å². The highest BCUT2D eigenvalue weighted by atomic mass is 79.9. The molecule has 1 aliphatic rings. The van der Waals surface area contributed by atoms with Crippen molar-refractivity contribution in [2.45, 2.75) is 39.3 Å². The molecule has 0 saturated heterocycles. The highest BCUT2D eigenvalue weighted by Gasteiger charge is 2.29. The Bertz CT molecular complexity index is 639. The number of hydrogen-bond acceptors (Lipinski definition) is 3. The molecule has 0 fully saturated rings. The van der Waals surface area contributed by atoms with Crippen LogP contribution in [0.2, 0.25) is 5.02 Å². The minimum atomic E-state index is -1.07. The van der Waals surface area contributed by atoms with Crippen molar-refractivity contribution in [3.63, 3.8) is 0 Å². The van der Waals surface area contributed by atoms with Crippen LogP contribution in [-0.2, 0) is 17.7 Å². The van der Waals surface area contributed by atoms with E-state index in [0.29, 0.717) is 24.0 Å². The summed E-state index contributed by atoms with van der Waals surface area (Å²) in [5, 5.41) is 9.45. The number of aromatic carboxylic acids is 1. The van der Waals surface area contributed by atoms with Crippen molar-refractivity contribution in [2.75, 3.05) is 6.54 Å². The van der Waals surface area contributed by atoms with Crippen molar-refractivity contribution in [1.82, 2.24) is 4.90 Å². The molecule has 1 N–H and O–H groups in total. The van der Waals surface area contributed by atoms with E-state index in [2.05, 4.69) is 15.9 Å². The Morgan fingerprint density at radius 3 is 2.59 bits per heavy atom. The summed E-state index contributed by atoms with van der Waals surface area (Å²) in [6.45, 7) is 6.24. The zero-order valence-electron chi connectivity index (χ0n) is 12.6. The Morgan fingerprint density at radius 2 is 2.05 bits per heavy atom. The van der Waals surface area contributed by atoms with Gasteiger partial charge in [-0.1, -0.05) is 11.6 Å². The number of carbonyl (C=O) groups excluding carboxylic acids is 1. The predicted molar refractivity (Wildman–Crippen MR) is 86.5 cm³/mol. The van der Waals surface area contributed by atoms with Gasteiger partial charge in [-0.3, -0.25) is 0 Å². The van der Waals surface area contributed by atoms with Crippen LogP contribution in [0.15, 0.2) is 10.5 Å². The summed E-state index contributed by atoms with van der Waals surface area (Å²) in [7, 11) is 0. The van der Waals surface area contributed by atoms with Crippen molar-refractivity contribution >= 4 is 39.6 Å². The number of carboxylic acids is 1. The summed E-state index contributed by atoms with van der Waals surface area (Å²) in [5.41, 5.74) is 1.12. The molecule has 0 aromatic heterocycles. The van der Waals surface area contributed by atoms with Crippen molar-refractivity contribution in [3.8, 4) is 0 Å². The van der Waals surface area contributed by atoms with E-state index in [1.54, 1.807) is 11.0 Å². The highest BCUT2D eigenvalue weighted by Crippen LogP contribution is 2.35. The van der Waals surface area contributed by atoms with Gasteiger partial charge in [0.05, 0.1) is 10.6 Å². The van der Waals surface area contributed by atoms with Crippen LogP contribution in [0, 0.1) is 0 Å². The van der Waals surface area contributed by atoms with Gasteiger partial charge in [0.2, 0.25) is 0 Å². The van der Waals surface area contributed by atoms with E-state index < -0.39 is 11.6 Å². The van der Waals surface area contributed by atoms with E-state index in [9.17, 15) is 14.7 Å². The zero-order chi connectivity index (χ0) is 16.7. The molecule has 1 amide bonds. The largest absolute Gasteiger partial charge is 0.478 e. The molecule has 0 bridgehead atoms. The summed E-state index contributed by atoms with van der Waals surface area (Å²) in [6, 6.07) is 1.71. The zero-order valence-corrected chi connectivity index (χ0v) is 14.9. The average molecular weight is 391 g/mol. The maximum Gasteiger partial charge on any atom is 0.410 e. The van der Waals surface area contributed by atoms with Gasteiger partial charge in [-0.2, -0.15) is 0 Å². The van der Waals surface area contributed by atoms with Crippen molar-refractivity contribution in [1.29, 1.82) is 0 Å². The molecule has 22 heavy (non-hydrogen) atoms. The third-order valence-electron chi connectivity index (χ3n) is 3.27. The molecule has 0 radical (unpaired) electrons. The number of ether oxygens (including phenoxy) is 1. The molecular weight excluding hydrogens is 374 g/mol. The minimum absolute atomic E-state index is 0.0612. The van der Waals surface area contributed by atoms with E-state index in [1.807, 2.05) is 20.8 Å². The number of rotatable bonds is 1. The first-order chi connectivity index (χ1) is 10.1. The molecule has 1 aromatic rings. The first kappa shape index (κ1) is 17.1. The van der Waals surface area contributed by atoms with Crippen LogP contribution in [-0.4, -0.2) is 34.2 Å². The third-order valence-corrected chi connectivity index (χ3v) is 4.31. The first-order valence-corrected chi connectivity index (χ1v) is 7.98. The monoisotopic (exact) mass is 389 g/mol. The normalized spacial score (nSPS) is 14.5. The fourth-order valence-electron chi connectivity index (χ4n) is 2.33. The second kappa shape index (κ2) is 6.08. The molecule has 0 saturated carbocycles. The molecule has 0 unspecified atom stereocenters. The number of hydrogen-bond donors (Lipinski definition) is 1. The van der Waals surface area contributed by atoms with Gasteiger partial charge in [0.1, 0.15) is 5.60 Å². The van der Waals surface area contributed by atoms with Crippen LogP contribution < -0.4 is 0 Å². The average Bonchev–Trinajstić information content (AvgIpc) is 2.35. The smallest absolute Gasteiger partial charge is 0.410 e. The molecular formula is C15H17BrClNO4. The first-order valence-electron chi connectivity index (χ1n) is 6.81. The van der Waals surface area contributed by atoms with E-state index in [4.69, 9.17) is 16.3 Å². The molecule has 0 spiro atoms. The van der Waals surface area contributed by atoms with Gasteiger partial charge in [0.25, 0.3) is 0 Å². The maximum atomic E-state index is 12.1. The second-order valence-corrected chi connectivity index (χ2v) is 7.37. The number of amides is 1.